The molecule has 34 heavy (non-hydrogen) atoms. The number of amides is 3. The molecule has 12 heteroatoms. The fourth-order valence-corrected chi connectivity index (χ4v) is 5.47. The summed E-state index contributed by atoms with van der Waals surface area (Å²) in [6, 6.07) is 8.28. The summed E-state index contributed by atoms with van der Waals surface area (Å²) in [6.45, 7) is 1.85. The Bertz CT molecular complexity index is 1230. The average molecular weight is 540 g/mol. The van der Waals surface area contributed by atoms with Gasteiger partial charge in [0, 0.05) is 49.2 Å². The molecule has 1 aliphatic rings. The van der Waals surface area contributed by atoms with E-state index in [1.54, 1.807) is 30.3 Å². The second-order valence-corrected chi connectivity index (χ2v) is 10.4. The van der Waals surface area contributed by atoms with E-state index in [0.29, 0.717) is 31.0 Å². The van der Waals surface area contributed by atoms with Crippen LogP contribution in [0.1, 0.15) is 46.0 Å². The van der Waals surface area contributed by atoms with Crippen LogP contribution in [-0.2, 0) is 19.5 Å². The van der Waals surface area contributed by atoms with E-state index in [9.17, 15) is 14.4 Å². The van der Waals surface area contributed by atoms with Crippen LogP contribution in [0.4, 0.5) is 5.69 Å². The van der Waals surface area contributed by atoms with Crippen LogP contribution in [0.25, 0.3) is 0 Å². The second kappa shape index (κ2) is 11.3. The lowest BCUT2D eigenvalue weighted by molar-refractivity contribution is 0.0949. The molecular formula is C22H23Cl2N5O3S2. The highest BCUT2D eigenvalue weighted by molar-refractivity contribution is 7.18. The summed E-state index contributed by atoms with van der Waals surface area (Å²) in [4.78, 5) is 45.9. The van der Waals surface area contributed by atoms with E-state index < -0.39 is 0 Å². The minimum absolute atomic E-state index is 0. The highest BCUT2D eigenvalue weighted by Gasteiger charge is 2.22. The molecule has 180 valence electrons. The quantitative estimate of drug-likeness (QED) is 0.441. The molecule has 3 N–H and O–H groups in total. The maximum absolute atomic E-state index is 13.0. The Hall–Kier alpha value is -2.50. The van der Waals surface area contributed by atoms with Gasteiger partial charge in [-0.05, 0) is 36.9 Å². The molecule has 0 saturated heterocycles. The first-order valence-corrected chi connectivity index (χ1v) is 12.2. The standard InChI is InChI=1S/C22H22ClN5O3S2.ClH/c1-24-19(29)12-3-4-13(10-25-20(30)16-5-6-18(23)32-16)15(9-12)26-21(31)22-27-14-7-8-28(2)11-17(14)33-22;/h3-6,9H,7-8,10-11H2,1-2H3,(H,24,29)(H,25,30)(H,26,31);1H. The number of aromatic nitrogens is 1. The van der Waals surface area contributed by atoms with E-state index in [4.69, 9.17) is 11.6 Å². The van der Waals surface area contributed by atoms with Gasteiger partial charge in [0.05, 0.1) is 14.9 Å². The zero-order valence-electron chi connectivity index (χ0n) is 18.4. The molecule has 0 atom stereocenters. The molecule has 3 aromatic rings. The highest BCUT2D eigenvalue weighted by Crippen LogP contribution is 2.26. The third-order valence-electron chi connectivity index (χ3n) is 5.20. The summed E-state index contributed by atoms with van der Waals surface area (Å²) < 4.78 is 0.528. The highest BCUT2D eigenvalue weighted by atomic mass is 35.5. The van der Waals surface area contributed by atoms with Gasteiger partial charge in [0.15, 0.2) is 5.01 Å². The fourth-order valence-electron chi connectivity index (χ4n) is 3.43. The van der Waals surface area contributed by atoms with Crippen molar-refractivity contribution < 1.29 is 14.4 Å². The van der Waals surface area contributed by atoms with E-state index in [-0.39, 0.29) is 36.7 Å². The van der Waals surface area contributed by atoms with Crippen molar-refractivity contribution in [3.63, 3.8) is 0 Å². The summed E-state index contributed by atoms with van der Waals surface area (Å²) in [7, 11) is 3.58. The number of fused-ring (bicyclic) bond motifs is 1. The number of benzene rings is 1. The van der Waals surface area contributed by atoms with Gasteiger partial charge < -0.3 is 20.9 Å². The van der Waals surface area contributed by atoms with Crippen molar-refractivity contribution in [2.24, 2.45) is 0 Å². The second-order valence-electron chi connectivity index (χ2n) is 7.57. The average Bonchev–Trinajstić information content (AvgIpc) is 3.43. The molecule has 0 bridgehead atoms. The molecule has 0 aliphatic carbocycles. The van der Waals surface area contributed by atoms with Crippen LogP contribution in [0.15, 0.2) is 30.3 Å². The van der Waals surface area contributed by atoms with Gasteiger partial charge in [0.1, 0.15) is 0 Å². The minimum Gasteiger partial charge on any atom is -0.355 e. The van der Waals surface area contributed by atoms with E-state index in [1.165, 1.54) is 29.7 Å². The monoisotopic (exact) mass is 539 g/mol. The predicted octanol–water partition coefficient (Wildman–Crippen LogP) is 3.81. The SMILES string of the molecule is CNC(=O)c1ccc(CNC(=O)c2ccc(Cl)s2)c(NC(=O)c2nc3c(s2)CN(C)CC3)c1.Cl. The maximum Gasteiger partial charge on any atom is 0.284 e. The number of halogens is 2. The number of anilines is 1. The first kappa shape index (κ1) is 26.1. The molecule has 3 amide bonds. The summed E-state index contributed by atoms with van der Waals surface area (Å²) in [5.74, 6) is -0.887. The van der Waals surface area contributed by atoms with Gasteiger partial charge in [0.2, 0.25) is 0 Å². The van der Waals surface area contributed by atoms with Crippen LogP contribution in [0.2, 0.25) is 4.34 Å². The number of carbonyl (C=O) groups excluding carboxylic acids is 3. The molecule has 0 radical (unpaired) electrons. The van der Waals surface area contributed by atoms with Gasteiger partial charge in [-0.2, -0.15) is 0 Å². The first-order valence-electron chi connectivity index (χ1n) is 10.2. The Kier molecular flexibility index (Phi) is 8.67. The topological polar surface area (TPSA) is 103 Å². The van der Waals surface area contributed by atoms with E-state index in [2.05, 4.69) is 25.8 Å². The lowest BCUT2D eigenvalue weighted by Crippen LogP contribution is -2.25. The van der Waals surface area contributed by atoms with E-state index >= 15 is 0 Å². The van der Waals surface area contributed by atoms with Crippen molar-refractivity contribution in [1.29, 1.82) is 0 Å². The van der Waals surface area contributed by atoms with Crippen molar-refractivity contribution in [2.75, 3.05) is 26.0 Å². The minimum atomic E-state index is -0.344. The van der Waals surface area contributed by atoms with Crippen LogP contribution in [0, 0.1) is 0 Å². The Labute approximate surface area is 216 Å². The summed E-state index contributed by atoms with van der Waals surface area (Å²) in [5.41, 5.74) is 2.46. The van der Waals surface area contributed by atoms with Crippen LogP contribution in [0.3, 0.4) is 0 Å². The van der Waals surface area contributed by atoms with E-state index in [1.807, 2.05) is 7.05 Å². The van der Waals surface area contributed by atoms with Gasteiger partial charge in [-0.15, -0.1) is 35.1 Å². The largest absolute Gasteiger partial charge is 0.355 e. The van der Waals surface area contributed by atoms with Crippen LogP contribution in [0.5, 0.6) is 0 Å². The van der Waals surface area contributed by atoms with Gasteiger partial charge in [-0.3, -0.25) is 14.4 Å². The molecule has 1 aromatic carbocycles. The van der Waals surface area contributed by atoms with Gasteiger partial charge in [-0.25, -0.2) is 4.98 Å². The Balaban J connectivity index is 0.00000324. The number of hydrogen-bond donors (Lipinski definition) is 3. The van der Waals surface area contributed by atoms with Crippen molar-refractivity contribution in [1.82, 2.24) is 20.5 Å². The third-order valence-corrected chi connectivity index (χ3v) is 7.51. The molecule has 0 spiro atoms. The zero-order chi connectivity index (χ0) is 23.5. The lowest BCUT2D eigenvalue weighted by atomic mass is 10.1. The molecule has 0 fully saturated rings. The Morgan fingerprint density at radius 1 is 1.12 bits per heavy atom. The molecule has 4 rings (SSSR count). The number of carbonyl (C=O) groups is 3. The fraction of sp³-hybridized carbons (Fsp3) is 0.273. The Morgan fingerprint density at radius 3 is 2.62 bits per heavy atom. The van der Waals surface area contributed by atoms with Crippen molar-refractivity contribution >= 4 is 70.1 Å². The van der Waals surface area contributed by atoms with Gasteiger partial charge >= 0.3 is 0 Å². The number of nitrogens with zero attached hydrogens (tertiary/aromatic N) is 2. The number of thiophene rings is 1. The number of likely N-dealkylation sites (N-methyl/N-ethyl adjacent to an activating group) is 1. The van der Waals surface area contributed by atoms with Gasteiger partial charge in [0.25, 0.3) is 17.7 Å². The lowest BCUT2D eigenvalue weighted by Gasteiger charge is -2.20. The molecule has 2 aromatic heterocycles. The summed E-state index contributed by atoms with van der Waals surface area (Å²) in [5, 5.41) is 8.67. The molecule has 1 aliphatic heterocycles. The number of hydrogen-bond acceptors (Lipinski definition) is 7. The molecular weight excluding hydrogens is 517 g/mol. The molecule has 0 saturated carbocycles. The normalized spacial score (nSPS) is 12.9. The van der Waals surface area contributed by atoms with Crippen LogP contribution >= 0.6 is 46.7 Å². The number of nitrogens with one attached hydrogen (secondary N) is 3. The maximum atomic E-state index is 13.0. The van der Waals surface area contributed by atoms with Gasteiger partial charge in [-0.1, -0.05) is 17.7 Å². The molecule has 0 unspecified atom stereocenters. The first-order chi connectivity index (χ1) is 15.8. The smallest absolute Gasteiger partial charge is 0.284 e. The van der Waals surface area contributed by atoms with E-state index in [0.717, 1.165) is 30.1 Å². The number of rotatable bonds is 6. The molecule has 8 nitrogen and oxygen atoms in total. The Morgan fingerprint density at radius 2 is 1.91 bits per heavy atom. The van der Waals surface area contributed by atoms with Crippen molar-refractivity contribution in [2.45, 2.75) is 19.5 Å². The number of thiazole rings is 1. The van der Waals surface area contributed by atoms with Crippen LogP contribution < -0.4 is 16.0 Å². The van der Waals surface area contributed by atoms with Crippen molar-refractivity contribution in [3.8, 4) is 0 Å². The predicted molar refractivity (Wildman–Crippen MR) is 138 cm³/mol. The third kappa shape index (κ3) is 5.94. The summed E-state index contributed by atoms with van der Waals surface area (Å²) in [6.07, 6.45) is 0.811. The summed E-state index contributed by atoms with van der Waals surface area (Å²) >= 11 is 8.48. The van der Waals surface area contributed by atoms with Crippen molar-refractivity contribution in [3.05, 3.63) is 66.3 Å². The van der Waals surface area contributed by atoms with Crippen LogP contribution in [-0.4, -0.2) is 48.2 Å². The molecule has 3 heterocycles. The zero-order valence-corrected chi connectivity index (χ0v) is 21.6.